The van der Waals surface area contributed by atoms with Crippen molar-refractivity contribution in [2.45, 2.75) is 57.9 Å². The molecule has 2 aromatic rings. The first-order chi connectivity index (χ1) is 15.5. The topological polar surface area (TPSA) is 86.8 Å². The lowest BCUT2D eigenvalue weighted by molar-refractivity contribution is -0.116. The van der Waals surface area contributed by atoms with Gasteiger partial charge >= 0.3 is 0 Å². The van der Waals surface area contributed by atoms with Crippen LogP contribution in [0, 0.1) is 20.8 Å². The van der Waals surface area contributed by atoms with Gasteiger partial charge in [-0.2, -0.15) is 4.31 Å². The fraction of sp³-hybridized carbons (Fsp3) is 0.440. The Bertz CT molecular complexity index is 1120. The highest BCUT2D eigenvalue weighted by atomic mass is 32.2. The van der Waals surface area contributed by atoms with Crippen molar-refractivity contribution in [3.63, 3.8) is 0 Å². The van der Waals surface area contributed by atoms with Gasteiger partial charge in [0.25, 0.3) is 5.91 Å². The van der Waals surface area contributed by atoms with E-state index in [0.717, 1.165) is 41.6 Å². The average molecular weight is 472 g/mol. The van der Waals surface area contributed by atoms with E-state index in [1.54, 1.807) is 11.4 Å². The Morgan fingerprint density at radius 1 is 1.06 bits per heavy atom. The molecule has 1 atom stereocenters. The quantitative estimate of drug-likeness (QED) is 0.693. The van der Waals surface area contributed by atoms with Crippen molar-refractivity contribution in [1.29, 1.82) is 0 Å². The number of aryl methyl sites for hydroxylation is 3. The highest BCUT2D eigenvalue weighted by molar-refractivity contribution is 7.89. The number of hydrogen-bond acceptors (Lipinski definition) is 4. The molecule has 3 rings (SSSR count). The summed E-state index contributed by atoms with van der Waals surface area (Å²) in [6, 6.07) is 9.91. The van der Waals surface area contributed by atoms with Crippen LogP contribution in [0.1, 0.15) is 53.2 Å². The van der Waals surface area contributed by atoms with Crippen molar-refractivity contribution < 1.29 is 18.0 Å². The molecule has 1 aliphatic heterocycles. The molecule has 2 amide bonds. The molecule has 0 spiro atoms. The fourth-order valence-corrected chi connectivity index (χ4v) is 6.10. The number of hydrogen-bond donors (Lipinski definition) is 1. The first-order valence-electron chi connectivity index (χ1n) is 11.3. The molecule has 1 aliphatic rings. The molecule has 178 valence electrons. The molecule has 1 saturated heterocycles. The fourth-order valence-electron chi connectivity index (χ4n) is 4.40. The van der Waals surface area contributed by atoms with Crippen LogP contribution in [0.5, 0.6) is 0 Å². The van der Waals surface area contributed by atoms with Crippen LogP contribution in [0.2, 0.25) is 0 Å². The van der Waals surface area contributed by atoms with Gasteiger partial charge in [-0.3, -0.25) is 9.59 Å². The van der Waals surface area contributed by atoms with Crippen molar-refractivity contribution in [2.75, 3.05) is 25.5 Å². The largest absolute Gasteiger partial charge is 0.332 e. The Balaban J connectivity index is 1.67. The lowest BCUT2D eigenvalue weighted by Crippen LogP contribution is -2.41. The molecule has 1 fully saturated rings. The number of piperidine rings is 1. The Labute approximate surface area is 196 Å². The van der Waals surface area contributed by atoms with E-state index in [2.05, 4.69) is 5.32 Å². The lowest BCUT2D eigenvalue weighted by Gasteiger charge is -2.32. The second kappa shape index (κ2) is 10.1. The summed E-state index contributed by atoms with van der Waals surface area (Å²) in [7, 11) is -2.04. The van der Waals surface area contributed by atoms with Gasteiger partial charge < -0.3 is 10.2 Å². The minimum atomic E-state index is -3.59. The van der Waals surface area contributed by atoms with E-state index in [-0.39, 0.29) is 29.3 Å². The number of carbonyl (C=O) groups is 2. The SMILES string of the molecule is Cc1cc(C)c(NC(=O)CN(C)C(=O)c2ccc(S(=O)(=O)N3CCCC[C@@H]3C)cc2)c(C)c1. The van der Waals surface area contributed by atoms with E-state index < -0.39 is 10.0 Å². The average Bonchev–Trinajstić information content (AvgIpc) is 2.76. The maximum absolute atomic E-state index is 13.0. The van der Waals surface area contributed by atoms with Gasteiger partial charge in [0, 0.05) is 30.9 Å². The van der Waals surface area contributed by atoms with E-state index >= 15 is 0 Å². The summed E-state index contributed by atoms with van der Waals surface area (Å²) >= 11 is 0. The summed E-state index contributed by atoms with van der Waals surface area (Å²) in [6.45, 7) is 8.20. The van der Waals surface area contributed by atoms with Gasteiger partial charge in [0.05, 0.1) is 11.4 Å². The predicted octanol–water partition coefficient (Wildman–Crippen LogP) is 3.89. The second-order valence-corrected chi connectivity index (χ2v) is 10.9. The molecule has 33 heavy (non-hydrogen) atoms. The van der Waals surface area contributed by atoms with Gasteiger partial charge in [0.15, 0.2) is 0 Å². The van der Waals surface area contributed by atoms with Crippen molar-refractivity contribution in [3.8, 4) is 0 Å². The standard InChI is InChI=1S/C25H33N3O4S/c1-17-14-18(2)24(19(3)15-17)26-23(29)16-27(5)25(30)21-9-11-22(12-10-21)33(31,32)28-13-7-6-8-20(28)4/h9-12,14-15,20H,6-8,13,16H2,1-5H3,(H,26,29)/t20-/m0/s1. The molecular weight excluding hydrogens is 438 g/mol. The normalized spacial score (nSPS) is 16.9. The van der Waals surface area contributed by atoms with E-state index in [1.165, 1.54) is 29.2 Å². The van der Waals surface area contributed by atoms with Gasteiger partial charge in [0.1, 0.15) is 0 Å². The van der Waals surface area contributed by atoms with Crippen LogP contribution in [0.3, 0.4) is 0 Å². The molecule has 8 heteroatoms. The van der Waals surface area contributed by atoms with Crippen molar-refractivity contribution in [2.24, 2.45) is 0 Å². The molecule has 0 radical (unpaired) electrons. The Kier molecular flexibility index (Phi) is 7.59. The summed E-state index contributed by atoms with van der Waals surface area (Å²) in [6.07, 6.45) is 2.74. The number of benzene rings is 2. The number of amides is 2. The molecule has 0 unspecified atom stereocenters. The number of sulfonamides is 1. The summed E-state index contributed by atoms with van der Waals surface area (Å²) < 4.78 is 27.5. The monoisotopic (exact) mass is 471 g/mol. The lowest BCUT2D eigenvalue weighted by atomic mass is 10.1. The van der Waals surface area contributed by atoms with Crippen molar-refractivity contribution in [3.05, 3.63) is 58.7 Å². The van der Waals surface area contributed by atoms with Crippen LogP contribution in [-0.2, 0) is 14.8 Å². The van der Waals surface area contributed by atoms with E-state index in [9.17, 15) is 18.0 Å². The van der Waals surface area contributed by atoms with Crippen LogP contribution in [0.15, 0.2) is 41.3 Å². The Morgan fingerprint density at radius 3 is 2.24 bits per heavy atom. The zero-order chi connectivity index (χ0) is 24.3. The van der Waals surface area contributed by atoms with Crippen LogP contribution in [0.4, 0.5) is 5.69 Å². The first kappa shape index (κ1) is 24.9. The highest BCUT2D eigenvalue weighted by Gasteiger charge is 2.31. The third-order valence-electron chi connectivity index (χ3n) is 6.12. The summed E-state index contributed by atoms with van der Waals surface area (Å²) in [4.78, 5) is 26.9. The summed E-state index contributed by atoms with van der Waals surface area (Å²) in [5.74, 6) is -0.642. The molecule has 7 nitrogen and oxygen atoms in total. The number of anilines is 1. The summed E-state index contributed by atoms with van der Waals surface area (Å²) in [5, 5.41) is 2.89. The van der Waals surface area contributed by atoms with Gasteiger partial charge in [-0.05, 0) is 75.9 Å². The maximum Gasteiger partial charge on any atom is 0.254 e. The second-order valence-electron chi connectivity index (χ2n) is 8.97. The zero-order valence-electron chi connectivity index (χ0n) is 20.0. The molecule has 0 bridgehead atoms. The number of rotatable bonds is 6. The minimum Gasteiger partial charge on any atom is -0.332 e. The Morgan fingerprint density at radius 2 is 1.67 bits per heavy atom. The van der Waals surface area contributed by atoms with Gasteiger partial charge in [-0.15, -0.1) is 0 Å². The molecule has 0 aromatic heterocycles. The molecule has 1 heterocycles. The predicted molar refractivity (Wildman–Crippen MR) is 130 cm³/mol. The molecule has 2 aromatic carbocycles. The van der Waals surface area contributed by atoms with Crippen molar-refractivity contribution >= 4 is 27.5 Å². The molecule has 0 saturated carbocycles. The minimum absolute atomic E-state index is 0.0319. The van der Waals surface area contributed by atoms with Crippen LogP contribution >= 0.6 is 0 Å². The van der Waals surface area contributed by atoms with Crippen LogP contribution < -0.4 is 5.32 Å². The number of nitrogens with one attached hydrogen (secondary N) is 1. The number of carbonyl (C=O) groups excluding carboxylic acids is 2. The third-order valence-corrected chi connectivity index (χ3v) is 8.15. The van der Waals surface area contributed by atoms with E-state index in [4.69, 9.17) is 0 Å². The van der Waals surface area contributed by atoms with Gasteiger partial charge in [-0.25, -0.2) is 8.42 Å². The molecule has 1 N–H and O–H groups in total. The summed E-state index contributed by atoms with van der Waals surface area (Å²) in [5.41, 5.74) is 4.14. The van der Waals surface area contributed by atoms with Gasteiger partial charge in [0.2, 0.25) is 15.9 Å². The van der Waals surface area contributed by atoms with Crippen LogP contribution in [-0.4, -0.2) is 55.6 Å². The van der Waals surface area contributed by atoms with Gasteiger partial charge in [-0.1, -0.05) is 24.1 Å². The molecule has 0 aliphatic carbocycles. The van der Waals surface area contributed by atoms with Crippen molar-refractivity contribution in [1.82, 2.24) is 9.21 Å². The smallest absolute Gasteiger partial charge is 0.254 e. The maximum atomic E-state index is 13.0. The van der Waals surface area contributed by atoms with E-state index in [1.807, 2.05) is 39.8 Å². The highest BCUT2D eigenvalue weighted by Crippen LogP contribution is 2.25. The van der Waals surface area contributed by atoms with E-state index in [0.29, 0.717) is 12.1 Å². The van der Waals surface area contributed by atoms with Crippen LogP contribution in [0.25, 0.3) is 0 Å². The third kappa shape index (κ3) is 5.62. The zero-order valence-corrected chi connectivity index (χ0v) is 20.8. The first-order valence-corrected chi connectivity index (χ1v) is 12.7. The number of nitrogens with zero attached hydrogens (tertiary/aromatic N) is 2. The number of likely N-dealkylation sites (N-methyl/N-ethyl adjacent to an activating group) is 1. The Hall–Kier alpha value is -2.71. The molecular formula is C25H33N3O4S.